The maximum atomic E-state index is 12.8. The molecule has 0 radical (unpaired) electrons. The lowest BCUT2D eigenvalue weighted by Crippen LogP contribution is -2.57. The van der Waals surface area contributed by atoms with Gasteiger partial charge in [0, 0.05) is 6.54 Å². The molecular weight excluding hydrogens is 342 g/mol. The van der Waals surface area contributed by atoms with Crippen molar-refractivity contribution >= 4 is 11.9 Å². The summed E-state index contributed by atoms with van der Waals surface area (Å²) in [7, 11) is 0. The molecule has 1 aromatic rings. The van der Waals surface area contributed by atoms with Crippen molar-refractivity contribution in [3.05, 3.63) is 47.2 Å². The first-order chi connectivity index (χ1) is 13.0. The van der Waals surface area contributed by atoms with Crippen LogP contribution in [0.3, 0.4) is 0 Å². The second kappa shape index (κ2) is 9.55. The number of rotatable bonds is 5. The monoisotopic (exact) mass is 373 g/mol. The Labute approximate surface area is 162 Å². The van der Waals surface area contributed by atoms with Gasteiger partial charge in [0.25, 0.3) is 5.91 Å². The summed E-state index contributed by atoms with van der Waals surface area (Å²) in [6, 6.07) is 8.39. The largest absolute Gasteiger partial charge is 0.465 e. The van der Waals surface area contributed by atoms with E-state index in [0.717, 1.165) is 12.0 Å². The number of hydrogen-bond acceptors (Lipinski definition) is 5. The number of esters is 1. The first kappa shape index (κ1) is 21.0. The maximum Gasteiger partial charge on any atom is 0.325 e. The summed E-state index contributed by atoms with van der Waals surface area (Å²) in [6.07, 6.45) is 2.82. The van der Waals surface area contributed by atoms with Gasteiger partial charge in [-0.05, 0) is 31.9 Å². The minimum absolute atomic E-state index is 0.00352. The van der Waals surface area contributed by atoms with Crippen LogP contribution in [0.1, 0.15) is 51.3 Å². The lowest BCUT2D eigenvalue weighted by molar-refractivity contribution is -0.150. The fourth-order valence-corrected chi connectivity index (χ4v) is 3.31. The molecule has 1 aromatic carbocycles. The number of benzene rings is 1. The molecule has 0 saturated carbocycles. The van der Waals surface area contributed by atoms with Crippen molar-refractivity contribution in [2.45, 2.75) is 53.1 Å². The SMILES string of the molecule is CC.CCOC(=O)CN1CC(CC)N2NC(c3ccc(C)cc3)C=C2C1=O. The molecule has 2 atom stereocenters. The van der Waals surface area contributed by atoms with Crippen LogP contribution in [0, 0.1) is 6.92 Å². The van der Waals surface area contributed by atoms with Gasteiger partial charge < -0.3 is 9.64 Å². The lowest BCUT2D eigenvalue weighted by atomic mass is 10.0. The second-order valence-electron chi connectivity index (χ2n) is 6.49. The van der Waals surface area contributed by atoms with E-state index in [4.69, 9.17) is 4.74 Å². The first-order valence-corrected chi connectivity index (χ1v) is 9.82. The molecule has 148 valence electrons. The summed E-state index contributed by atoms with van der Waals surface area (Å²) < 4.78 is 4.99. The van der Waals surface area contributed by atoms with Crippen LogP contribution in [0.4, 0.5) is 0 Å². The molecule has 0 bridgehead atoms. The summed E-state index contributed by atoms with van der Waals surface area (Å²) in [5, 5.41) is 1.97. The van der Waals surface area contributed by atoms with Gasteiger partial charge in [-0.2, -0.15) is 0 Å². The van der Waals surface area contributed by atoms with Gasteiger partial charge in [-0.15, -0.1) is 0 Å². The Bertz CT molecular complexity index is 684. The topological polar surface area (TPSA) is 61.9 Å². The van der Waals surface area contributed by atoms with Crippen molar-refractivity contribution in [2.24, 2.45) is 0 Å². The third-order valence-corrected chi connectivity index (χ3v) is 4.70. The lowest BCUT2D eigenvalue weighted by Gasteiger charge is -2.40. The Morgan fingerprint density at radius 2 is 1.89 bits per heavy atom. The van der Waals surface area contributed by atoms with E-state index in [9.17, 15) is 9.59 Å². The molecule has 1 saturated heterocycles. The zero-order valence-corrected chi connectivity index (χ0v) is 17.0. The molecule has 27 heavy (non-hydrogen) atoms. The third kappa shape index (κ3) is 4.69. The number of hydrazine groups is 1. The van der Waals surface area contributed by atoms with E-state index in [1.54, 1.807) is 11.8 Å². The van der Waals surface area contributed by atoms with Gasteiger partial charge in [-0.3, -0.25) is 14.6 Å². The zero-order valence-electron chi connectivity index (χ0n) is 17.0. The van der Waals surface area contributed by atoms with Gasteiger partial charge >= 0.3 is 5.97 Å². The molecule has 2 aliphatic rings. The highest BCUT2D eigenvalue weighted by atomic mass is 16.5. The van der Waals surface area contributed by atoms with E-state index in [-0.39, 0.29) is 30.5 Å². The van der Waals surface area contributed by atoms with Gasteiger partial charge in [0.1, 0.15) is 12.2 Å². The highest BCUT2D eigenvalue weighted by Gasteiger charge is 2.40. The predicted molar refractivity (Wildman–Crippen MR) is 106 cm³/mol. The Kier molecular flexibility index (Phi) is 7.42. The summed E-state index contributed by atoms with van der Waals surface area (Å²) in [5.41, 5.74) is 6.38. The quantitative estimate of drug-likeness (QED) is 0.804. The number of piperazine rings is 1. The smallest absolute Gasteiger partial charge is 0.325 e. The van der Waals surface area contributed by atoms with Crippen LogP contribution in [0.2, 0.25) is 0 Å². The number of carbonyl (C=O) groups excluding carboxylic acids is 2. The molecule has 1 amide bonds. The van der Waals surface area contributed by atoms with E-state index in [0.29, 0.717) is 18.8 Å². The Hall–Kier alpha value is -2.34. The van der Waals surface area contributed by atoms with E-state index >= 15 is 0 Å². The number of nitrogens with zero attached hydrogens (tertiary/aromatic N) is 2. The molecule has 2 heterocycles. The molecule has 2 unspecified atom stereocenters. The van der Waals surface area contributed by atoms with Crippen molar-refractivity contribution < 1.29 is 14.3 Å². The average molecular weight is 373 g/mol. The van der Waals surface area contributed by atoms with Gasteiger partial charge in [-0.1, -0.05) is 50.6 Å². The van der Waals surface area contributed by atoms with Gasteiger partial charge in [0.2, 0.25) is 0 Å². The second-order valence-corrected chi connectivity index (χ2v) is 6.49. The van der Waals surface area contributed by atoms with Crippen molar-refractivity contribution in [1.29, 1.82) is 0 Å². The van der Waals surface area contributed by atoms with Crippen molar-refractivity contribution in [2.75, 3.05) is 19.7 Å². The zero-order chi connectivity index (χ0) is 20.0. The van der Waals surface area contributed by atoms with Crippen LogP contribution in [0.25, 0.3) is 0 Å². The molecule has 1 fully saturated rings. The number of ether oxygens (including phenoxy) is 1. The van der Waals surface area contributed by atoms with E-state index in [1.807, 2.05) is 24.9 Å². The van der Waals surface area contributed by atoms with Crippen LogP contribution in [0.5, 0.6) is 0 Å². The fourth-order valence-electron chi connectivity index (χ4n) is 3.31. The number of nitrogens with one attached hydrogen (secondary N) is 1. The highest BCUT2D eigenvalue weighted by molar-refractivity contribution is 5.96. The molecule has 6 heteroatoms. The first-order valence-electron chi connectivity index (χ1n) is 9.82. The van der Waals surface area contributed by atoms with Crippen LogP contribution in [0.15, 0.2) is 36.0 Å². The molecule has 6 nitrogen and oxygen atoms in total. The van der Waals surface area contributed by atoms with E-state index < -0.39 is 0 Å². The molecular formula is C21H31N3O3. The number of fused-ring (bicyclic) bond motifs is 1. The number of aryl methyl sites for hydroxylation is 1. The molecule has 0 aliphatic carbocycles. The summed E-state index contributed by atoms with van der Waals surface area (Å²) in [4.78, 5) is 26.2. The van der Waals surface area contributed by atoms with Gasteiger partial charge in [0.15, 0.2) is 0 Å². The maximum absolute atomic E-state index is 12.8. The molecule has 0 aromatic heterocycles. The Morgan fingerprint density at radius 3 is 2.48 bits per heavy atom. The normalized spacial score (nSPS) is 21.2. The van der Waals surface area contributed by atoms with Gasteiger partial charge in [0.05, 0.1) is 18.7 Å². The highest BCUT2D eigenvalue weighted by Crippen LogP contribution is 2.31. The van der Waals surface area contributed by atoms with Crippen LogP contribution in [-0.2, 0) is 14.3 Å². The average Bonchev–Trinajstić information content (AvgIpc) is 3.12. The van der Waals surface area contributed by atoms with Gasteiger partial charge in [-0.25, -0.2) is 5.43 Å². The molecule has 0 spiro atoms. The van der Waals surface area contributed by atoms with E-state index in [2.05, 4.69) is 43.5 Å². The fraction of sp³-hybridized carbons (Fsp3) is 0.524. The summed E-state index contributed by atoms with van der Waals surface area (Å²) in [5.74, 6) is -0.486. The van der Waals surface area contributed by atoms with Crippen LogP contribution < -0.4 is 5.43 Å². The number of amides is 1. The van der Waals surface area contributed by atoms with Crippen molar-refractivity contribution in [3.8, 4) is 0 Å². The summed E-state index contributed by atoms with van der Waals surface area (Å²) in [6.45, 7) is 10.7. The third-order valence-electron chi connectivity index (χ3n) is 4.70. The van der Waals surface area contributed by atoms with E-state index in [1.165, 1.54) is 5.56 Å². The minimum atomic E-state index is -0.360. The number of hydrogen-bond donors (Lipinski definition) is 1. The van der Waals surface area contributed by atoms with Crippen LogP contribution in [-0.4, -0.2) is 47.5 Å². The van der Waals surface area contributed by atoms with Crippen LogP contribution >= 0.6 is 0 Å². The number of carbonyl (C=O) groups is 2. The Morgan fingerprint density at radius 1 is 1.22 bits per heavy atom. The minimum Gasteiger partial charge on any atom is -0.465 e. The summed E-state index contributed by atoms with van der Waals surface area (Å²) >= 11 is 0. The standard InChI is InChI=1S/C19H25N3O3.C2H6/c1-4-15-11-21(12-18(23)25-5-2)19(24)17-10-16(20-22(15)17)14-8-6-13(3)7-9-14;1-2/h6-10,15-16,20H,4-5,11-12H2,1-3H3;1-2H3. The predicted octanol–water partition coefficient (Wildman–Crippen LogP) is 2.95. The van der Waals surface area contributed by atoms with Crippen molar-refractivity contribution in [3.63, 3.8) is 0 Å². The Balaban J connectivity index is 0.00000126. The molecule has 1 N–H and O–H groups in total. The van der Waals surface area contributed by atoms with Crippen molar-refractivity contribution in [1.82, 2.24) is 15.3 Å². The molecule has 2 aliphatic heterocycles. The molecule has 3 rings (SSSR count).